The first-order chi connectivity index (χ1) is 13.8. The maximum atomic E-state index is 9.33. The molecule has 4 heterocycles. The Labute approximate surface area is 163 Å². The first-order valence-corrected chi connectivity index (χ1v) is 9.68. The van der Waals surface area contributed by atoms with Gasteiger partial charge in [-0.15, -0.1) is 0 Å². The van der Waals surface area contributed by atoms with Gasteiger partial charge < -0.3 is 14.6 Å². The maximum Gasteiger partial charge on any atom is 0.142 e. The molecule has 1 unspecified atom stereocenters. The van der Waals surface area contributed by atoms with Crippen molar-refractivity contribution in [3.63, 3.8) is 0 Å². The van der Waals surface area contributed by atoms with E-state index in [1.54, 1.807) is 0 Å². The Kier molecular flexibility index (Phi) is 4.30. The second-order valence-corrected chi connectivity index (χ2v) is 7.30. The molecule has 2 aliphatic rings. The van der Waals surface area contributed by atoms with E-state index in [-0.39, 0.29) is 5.92 Å². The van der Waals surface area contributed by atoms with Crippen LogP contribution in [0.1, 0.15) is 17.8 Å². The predicted molar refractivity (Wildman–Crippen MR) is 107 cm³/mol. The number of rotatable bonds is 3. The normalized spacial score (nSPS) is 18.7. The molecule has 3 aromatic rings. The first-order valence-electron chi connectivity index (χ1n) is 9.68. The molecule has 0 amide bonds. The highest BCUT2D eigenvalue weighted by molar-refractivity contribution is 5.88. The molecule has 28 heavy (non-hydrogen) atoms. The minimum atomic E-state index is 0.0493. The molecule has 1 aromatic carbocycles. The molecule has 1 saturated heterocycles. The first kappa shape index (κ1) is 17.0. The Morgan fingerprint density at radius 2 is 2.11 bits per heavy atom. The Morgan fingerprint density at radius 3 is 2.89 bits per heavy atom. The number of ether oxygens (including phenoxy) is 1. The lowest BCUT2D eigenvalue weighted by atomic mass is 10.00. The lowest BCUT2D eigenvalue weighted by Crippen LogP contribution is -2.21. The van der Waals surface area contributed by atoms with Gasteiger partial charge in [-0.1, -0.05) is 30.3 Å². The van der Waals surface area contributed by atoms with Crippen LogP contribution in [0.3, 0.4) is 0 Å². The topological polar surface area (TPSA) is 77.8 Å². The molecule has 0 saturated carbocycles. The number of pyridine rings is 1. The molecule has 1 fully saturated rings. The zero-order chi connectivity index (χ0) is 18.9. The van der Waals surface area contributed by atoms with Crippen molar-refractivity contribution in [2.75, 3.05) is 24.6 Å². The van der Waals surface area contributed by atoms with Gasteiger partial charge in [-0.2, -0.15) is 5.26 Å². The summed E-state index contributed by atoms with van der Waals surface area (Å²) in [5, 5.41) is 9.33. The van der Waals surface area contributed by atoms with Crippen molar-refractivity contribution in [1.82, 2.24) is 15.0 Å². The largest absolute Gasteiger partial charge is 0.375 e. The van der Waals surface area contributed by atoms with Crippen LogP contribution in [0.5, 0.6) is 0 Å². The molecule has 6 heteroatoms. The minimum absolute atomic E-state index is 0.0493. The summed E-state index contributed by atoms with van der Waals surface area (Å²) >= 11 is 0. The quantitative estimate of drug-likeness (QED) is 0.762. The third kappa shape index (κ3) is 2.94. The molecule has 0 radical (unpaired) electrons. The fraction of sp³-hybridized carbons (Fsp3) is 0.318. The van der Waals surface area contributed by atoms with Gasteiger partial charge in [-0.25, -0.2) is 9.97 Å². The molecule has 0 bridgehead atoms. The zero-order valence-electron chi connectivity index (χ0n) is 15.6. The monoisotopic (exact) mass is 371 g/mol. The van der Waals surface area contributed by atoms with Crippen molar-refractivity contribution in [3.8, 4) is 28.6 Å². The summed E-state index contributed by atoms with van der Waals surface area (Å²) in [6.07, 6.45) is 3.55. The molecule has 0 spiro atoms. The molecule has 2 aliphatic heterocycles. The van der Waals surface area contributed by atoms with E-state index < -0.39 is 0 Å². The molecule has 5 rings (SSSR count). The highest BCUT2D eigenvalue weighted by Crippen LogP contribution is 2.39. The Hall–Kier alpha value is -3.17. The third-order valence-corrected chi connectivity index (χ3v) is 5.52. The molecule has 0 aliphatic carbocycles. The molecular weight excluding hydrogens is 350 g/mol. The average molecular weight is 371 g/mol. The van der Waals surface area contributed by atoms with Crippen LogP contribution >= 0.6 is 0 Å². The summed E-state index contributed by atoms with van der Waals surface area (Å²) in [5.41, 5.74) is 5.35. The number of benzene rings is 1. The molecule has 1 atom stereocenters. The Bertz CT molecular complexity index is 1010. The van der Waals surface area contributed by atoms with Crippen molar-refractivity contribution in [2.45, 2.75) is 19.4 Å². The second-order valence-electron chi connectivity index (χ2n) is 7.30. The number of nitrogens with zero attached hydrogens (tertiary/aromatic N) is 4. The number of anilines is 1. The number of imidazole rings is 1. The maximum absolute atomic E-state index is 9.33. The van der Waals surface area contributed by atoms with Gasteiger partial charge in [0.05, 0.1) is 42.2 Å². The fourth-order valence-electron chi connectivity index (χ4n) is 4.07. The molecule has 1 N–H and O–H groups in total. The summed E-state index contributed by atoms with van der Waals surface area (Å²) < 4.78 is 5.59. The van der Waals surface area contributed by atoms with E-state index in [0.29, 0.717) is 19.8 Å². The van der Waals surface area contributed by atoms with E-state index in [2.05, 4.69) is 28.1 Å². The van der Waals surface area contributed by atoms with E-state index in [9.17, 15) is 5.26 Å². The number of nitrogens with one attached hydrogen (secondary N) is 1. The number of aromatic amines is 1. The summed E-state index contributed by atoms with van der Waals surface area (Å²) in [6.45, 7) is 2.82. The van der Waals surface area contributed by atoms with E-state index in [0.717, 1.165) is 59.1 Å². The number of aromatic nitrogens is 3. The van der Waals surface area contributed by atoms with Gasteiger partial charge in [-0.3, -0.25) is 0 Å². The van der Waals surface area contributed by atoms with Crippen LogP contribution in [0.2, 0.25) is 0 Å². The number of nitriles is 1. The number of H-pyrrole nitrogens is 1. The van der Waals surface area contributed by atoms with Crippen LogP contribution in [-0.2, 0) is 17.8 Å². The Morgan fingerprint density at radius 1 is 1.21 bits per heavy atom. The molecule has 6 nitrogen and oxygen atoms in total. The van der Waals surface area contributed by atoms with Crippen molar-refractivity contribution in [1.29, 1.82) is 5.26 Å². The van der Waals surface area contributed by atoms with Gasteiger partial charge in [-0.05, 0) is 23.6 Å². The van der Waals surface area contributed by atoms with Crippen LogP contribution < -0.4 is 4.90 Å². The highest BCUT2D eigenvalue weighted by atomic mass is 16.5. The fourth-order valence-corrected chi connectivity index (χ4v) is 4.07. The second kappa shape index (κ2) is 7.10. The number of fused-ring (bicyclic) bond motifs is 1. The summed E-state index contributed by atoms with van der Waals surface area (Å²) in [7, 11) is 0. The van der Waals surface area contributed by atoms with Crippen molar-refractivity contribution in [2.24, 2.45) is 5.92 Å². The predicted octanol–water partition coefficient (Wildman–Crippen LogP) is 3.56. The molecular formula is C22H21N5O. The zero-order valence-corrected chi connectivity index (χ0v) is 15.6. The van der Waals surface area contributed by atoms with E-state index in [1.165, 1.54) is 0 Å². The van der Waals surface area contributed by atoms with Gasteiger partial charge >= 0.3 is 0 Å². The van der Waals surface area contributed by atoms with E-state index >= 15 is 0 Å². The summed E-state index contributed by atoms with van der Waals surface area (Å²) in [5.74, 6) is 1.78. The van der Waals surface area contributed by atoms with Crippen LogP contribution in [-0.4, -0.2) is 34.6 Å². The lowest BCUT2D eigenvalue weighted by molar-refractivity contribution is 0.107. The SMILES string of the molecule is N#CC1CCN(c2nccc(-c3ccccc3)c2-c2nc3c([nH]2)COCC3)C1. The van der Waals surface area contributed by atoms with E-state index in [4.69, 9.17) is 14.7 Å². The number of hydrogen-bond donors (Lipinski definition) is 1. The standard InChI is InChI=1S/C22H21N5O/c23-12-15-7-10-27(13-15)22-20(21-25-18-8-11-28-14-19(18)26-21)17(6-9-24-22)16-4-2-1-3-5-16/h1-6,9,15H,7-8,10-11,13-14H2,(H,25,26). The average Bonchev–Trinajstić information content (AvgIpc) is 3.40. The smallest absolute Gasteiger partial charge is 0.142 e. The molecule has 2 aromatic heterocycles. The number of hydrogen-bond acceptors (Lipinski definition) is 5. The lowest BCUT2D eigenvalue weighted by Gasteiger charge is -2.21. The highest BCUT2D eigenvalue weighted by Gasteiger charge is 2.28. The minimum Gasteiger partial charge on any atom is -0.375 e. The summed E-state index contributed by atoms with van der Waals surface area (Å²) in [6, 6.07) is 14.8. The van der Waals surface area contributed by atoms with Gasteiger partial charge in [0.1, 0.15) is 11.6 Å². The third-order valence-electron chi connectivity index (χ3n) is 5.52. The van der Waals surface area contributed by atoms with Crippen LogP contribution in [0.25, 0.3) is 22.5 Å². The van der Waals surface area contributed by atoms with Crippen molar-refractivity contribution < 1.29 is 4.74 Å². The molecule has 140 valence electrons. The van der Waals surface area contributed by atoms with Crippen LogP contribution in [0.15, 0.2) is 42.6 Å². The van der Waals surface area contributed by atoms with E-state index in [1.807, 2.05) is 30.5 Å². The van der Waals surface area contributed by atoms with Crippen molar-refractivity contribution >= 4 is 5.82 Å². The summed E-state index contributed by atoms with van der Waals surface area (Å²) in [4.78, 5) is 15.3. The van der Waals surface area contributed by atoms with Gasteiger partial charge in [0.15, 0.2) is 0 Å². The van der Waals surface area contributed by atoms with Crippen molar-refractivity contribution in [3.05, 3.63) is 54.0 Å². The van der Waals surface area contributed by atoms with Gasteiger partial charge in [0.2, 0.25) is 0 Å². The van der Waals surface area contributed by atoms with Crippen LogP contribution in [0.4, 0.5) is 5.82 Å². The van der Waals surface area contributed by atoms with Crippen LogP contribution in [0, 0.1) is 17.2 Å². The Balaban J connectivity index is 1.68. The van der Waals surface area contributed by atoms with Gasteiger partial charge in [0, 0.05) is 25.7 Å². The van der Waals surface area contributed by atoms with Gasteiger partial charge in [0.25, 0.3) is 0 Å².